The number of nitrogens with zero attached hydrogens (tertiary/aromatic N) is 1. The second kappa shape index (κ2) is 7.92. The second-order valence-corrected chi connectivity index (χ2v) is 6.45. The van der Waals surface area contributed by atoms with E-state index in [0.29, 0.717) is 10.8 Å². The van der Waals surface area contributed by atoms with Crippen LogP contribution in [0.5, 0.6) is 0 Å². The number of halogens is 1. The van der Waals surface area contributed by atoms with Crippen LogP contribution in [-0.2, 0) is 11.2 Å². The van der Waals surface area contributed by atoms with Gasteiger partial charge in [-0.15, -0.1) is 11.3 Å². The molecule has 2 aromatic heterocycles. The van der Waals surface area contributed by atoms with Gasteiger partial charge in [0.25, 0.3) is 5.91 Å². The normalized spacial score (nSPS) is 11.8. The predicted molar refractivity (Wildman–Crippen MR) is 95.4 cm³/mol. The number of aromatic nitrogens is 1. The van der Waals surface area contributed by atoms with Crippen molar-refractivity contribution in [2.45, 2.75) is 19.4 Å². The van der Waals surface area contributed by atoms with Crippen molar-refractivity contribution in [1.82, 2.24) is 10.3 Å². The van der Waals surface area contributed by atoms with Crippen LogP contribution in [0.4, 0.5) is 9.52 Å². The van der Waals surface area contributed by atoms with Gasteiger partial charge in [0.15, 0.2) is 10.9 Å². The van der Waals surface area contributed by atoms with Crippen LogP contribution >= 0.6 is 11.3 Å². The predicted octanol–water partition coefficient (Wildman–Crippen LogP) is 3.55. The third-order valence-electron chi connectivity index (χ3n) is 3.61. The summed E-state index contributed by atoms with van der Waals surface area (Å²) in [5, 5.41) is 7.55. The van der Waals surface area contributed by atoms with Crippen molar-refractivity contribution in [3.63, 3.8) is 0 Å². The number of hydrogen-bond donors (Lipinski definition) is 2. The van der Waals surface area contributed by atoms with Gasteiger partial charge in [-0.1, -0.05) is 12.1 Å². The van der Waals surface area contributed by atoms with Crippen LogP contribution in [0.3, 0.4) is 0 Å². The molecule has 1 aromatic carbocycles. The summed E-state index contributed by atoms with van der Waals surface area (Å²) < 4.78 is 18.0. The molecule has 0 saturated carbocycles. The molecule has 0 saturated heterocycles. The first-order valence-electron chi connectivity index (χ1n) is 7.85. The lowest BCUT2D eigenvalue weighted by atomic mass is 10.1. The third kappa shape index (κ3) is 4.54. The standard InChI is InChI=1S/C18H16FN3O3S/c1-11(12-4-6-13(19)7-5-12)20-16(23)9-14-10-26-18(21-14)22-17(24)15-3-2-8-25-15/h2-8,10-11H,9H2,1H3,(H,20,23)(H,21,22,24). The van der Waals surface area contributed by atoms with Crippen molar-refractivity contribution in [2.24, 2.45) is 0 Å². The molecule has 0 aliphatic heterocycles. The van der Waals surface area contributed by atoms with E-state index < -0.39 is 5.91 Å². The van der Waals surface area contributed by atoms with Gasteiger partial charge in [-0.2, -0.15) is 0 Å². The van der Waals surface area contributed by atoms with Gasteiger partial charge >= 0.3 is 0 Å². The summed E-state index contributed by atoms with van der Waals surface area (Å²) in [7, 11) is 0. The summed E-state index contributed by atoms with van der Waals surface area (Å²) in [6.07, 6.45) is 1.49. The first-order chi connectivity index (χ1) is 12.5. The number of benzene rings is 1. The first kappa shape index (κ1) is 17.8. The van der Waals surface area contributed by atoms with Crippen LogP contribution in [0.1, 0.15) is 34.8 Å². The highest BCUT2D eigenvalue weighted by Gasteiger charge is 2.14. The van der Waals surface area contributed by atoms with Crippen LogP contribution in [0.2, 0.25) is 0 Å². The minimum atomic E-state index is -0.398. The molecule has 3 rings (SSSR count). The third-order valence-corrected chi connectivity index (χ3v) is 4.41. The van der Waals surface area contributed by atoms with E-state index in [2.05, 4.69) is 15.6 Å². The number of furan rings is 1. The van der Waals surface area contributed by atoms with E-state index in [1.807, 2.05) is 6.92 Å². The zero-order valence-corrected chi connectivity index (χ0v) is 14.7. The Balaban J connectivity index is 1.54. The molecule has 0 bridgehead atoms. The number of anilines is 1. The zero-order chi connectivity index (χ0) is 18.5. The molecule has 2 amide bonds. The lowest BCUT2D eigenvalue weighted by Crippen LogP contribution is -2.28. The molecular weight excluding hydrogens is 357 g/mol. The quantitative estimate of drug-likeness (QED) is 0.692. The number of amides is 2. The number of thiazole rings is 1. The van der Waals surface area contributed by atoms with Crippen molar-refractivity contribution in [3.05, 3.63) is 70.9 Å². The Morgan fingerprint density at radius 2 is 2.04 bits per heavy atom. The Kier molecular flexibility index (Phi) is 5.43. The summed E-state index contributed by atoms with van der Waals surface area (Å²) in [6, 6.07) is 8.89. The van der Waals surface area contributed by atoms with Gasteiger partial charge in [0.05, 0.1) is 24.4 Å². The van der Waals surface area contributed by atoms with Crippen LogP contribution in [-0.4, -0.2) is 16.8 Å². The van der Waals surface area contributed by atoms with E-state index >= 15 is 0 Å². The maximum absolute atomic E-state index is 13.0. The summed E-state index contributed by atoms with van der Waals surface area (Å²) >= 11 is 1.23. The Morgan fingerprint density at radius 1 is 1.27 bits per heavy atom. The lowest BCUT2D eigenvalue weighted by Gasteiger charge is -2.13. The Morgan fingerprint density at radius 3 is 2.73 bits per heavy atom. The van der Waals surface area contributed by atoms with Gasteiger partial charge < -0.3 is 9.73 Å². The highest BCUT2D eigenvalue weighted by Crippen LogP contribution is 2.18. The molecule has 0 radical (unpaired) electrons. The minimum absolute atomic E-state index is 0.0820. The van der Waals surface area contributed by atoms with E-state index in [-0.39, 0.29) is 29.9 Å². The largest absolute Gasteiger partial charge is 0.459 e. The number of carbonyl (C=O) groups is 2. The summed E-state index contributed by atoms with van der Waals surface area (Å²) in [5.41, 5.74) is 1.36. The van der Waals surface area contributed by atoms with Crippen LogP contribution in [0.15, 0.2) is 52.5 Å². The summed E-state index contributed by atoms with van der Waals surface area (Å²) in [4.78, 5) is 28.3. The molecule has 0 spiro atoms. The summed E-state index contributed by atoms with van der Waals surface area (Å²) in [6.45, 7) is 1.82. The van der Waals surface area contributed by atoms with E-state index in [4.69, 9.17) is 4.42 Å². The van der Waals surface area contributed by atoms with E-state index in [1.54, 1.807) is 29.6 Å². The number of hydrogen-bond acceptors (Lipinski definition) is 5. The first-order valence-corrected chi connectivity index (χ1v) is 8.73. The second-order valence-electron chi connectivity index (χ2n) is 5.59. The molecule has 1 atom stereocenters. The molecule has 0 aliphatic carbocycles. The number of nitrogens with one attached hydrogen (secondary N) is 2. The van der Waals surface area contributed by atoms with E-state index in [1.165, 1.54) is 29.7 Å². The maximum atomic E-state index is 13.0. The molecule has 3 aromatic rings. The average molecular weight is 373 g/mol. The van der Waals surface area contributed by atoms with Gasteiger partial charge in [0, 0.05) is 5.38 Å². The fourth-order valence-corrected chi connectivity index (χ4v) is 3.01. The number of rotatable bonds is 6. The van der Waals surface area contributed by atoms with Gasteiger partial charge in [-0.05, 0) is 36.8 Å². The van der Waals surface area contributed by atoms with Crippen LogP contribution in [0.25, 0.3) is 0 Å². The smallest absolute Gasteiger partial charge is 0.293 e. The topological polar surface area (TPSA) is 84.2 Å². The number of carbonyl (C=O) groups excluding carboxylic acids is 2. The van der Waals surface area contributed by atoms with Crippen molar-refractivity contribution in [3.8, 4) is 0 Å². The maximum Gasteiger partial charge on any atom is 0.293 e. The fraction of sp³-hybridized carbons (Fsp3) is 0.167. The molecule has 6 nitrogen and oxygen atoms in total. The lowest BCUT2D eigenvalue weighted by molar-refractivity contribution is -0.121. The highest BCUT2D eigenvalue weighted by atomic mass is 32.1. The van der Waals surface area contributed by atoms with Crippen molar-refractivity contribution < 1.29 is 18.4 Å². The van der Waals surface area contributed by atoms with Gasteiger partial charge in [0.1, 0.15) is 5.82 Å². The Hall–Kier alpha value is -3.00. The average Bonchev–Trinajstić information content (AvgIpc) is 3.27. The molecular formula is C18H16FN3O3S. The molecule has 8 heteroatoms. The van der Waals surface area contributed by atoms with Crippen molar-refractivity contribution >= 4 is 28.3 Å². The SMILES string of the molecule is CC(NC(=O)Cc1csc(NC(=O)c2ccco2)n1)c1ccc(F)cc1. The minimum Gasteiger partial charge on any atom is -0.459 e. The van der Waals surface area contributed by atoms with Crippen molar-refractivity contribution in [2.75, 3.05) is 5.32 Å². The van der Waals surface area contributed by atoms with Gasteiger partial charge in [-0.25, -0.2) is 9.37 Å². The molecule has 0 aliphatic rings. The zero-order valence-electron chi connectivity index (χ0n) is 13.9. The summed E-state index contributed by atoms with van der Waals surface area (Å²) in [5.74, 6) is -0.743. The van der Waals surface area contributed by atoms with Gasteiger partial charge in [-0.3, -0.25) is 14.9 Å². The molecule has 2 N–H and O–H groups in total. The monoisotopic (exact) mass is 373 g/mol. The molecule has 0 fully saturated rings. The molecule has 1 unspecified atom stereocenters. The molecule has 134 valence electrons. The van der Waals surface area contributed by atoms with Crippen LogP contribution in [0, 0.1) is 5.82 Å². The Labute approximate surface area is 153 Å². The molecule has 2 heterocycles. The van der Waals surface area contributed by atoms with E-state index in [0.717, 1.165) is 5.56 Å². The van der Waals surface area contributed by atoms with Crippen LogP contribution < -0.4 is 10.6 Å². The fourth-order valence-electron chi connectivity index (χ4n) is 2.30. The van der Waals surface area contributed by atoms with Crippen molar-refractivity contribution in [1.29, 1.82) is 0 Å². The highest BCUT2D eigenvalue weighted by molar-refractivity contribution is 7.14. The molecule has 26 heavy (non-hydrogen) atoms. The van der Waals surface area contributed by atoms with E-state index in [9.17, 15) is 14.0 Å². The Bertz CT molecular complexity index is 891. The van der Waals surface area contributed by atoms with Gasteiger partial charge in [0.2, 0.25) is 5.91 Å².